The van der Waals surface area contributed by atoms with E-state index >= 15 is 0 Å². The number of hydrogen-bond donors (Lipinski definition) is 1. The van der Waals surface area contributed by atoms with Crippen LogP contribution in [-0.2, 0) is 4.74 Å². The number of carbonyl (C=O) groups excluding carboxylic acids is 1. The first-order valence-electron chi connectivity index (χ1n) is 7.25. The Hall–Kier alpha value is -2.63. The van der Waals surface area contributed by atoms with Crippen LogP contribution in [0, 0.1) is 6.92 Å². The summed E-state index contributed by atoms with van der Waals surface area (Å²) in [7, 11) is 1.59. The highest BCUT2D eigenvalue weighted by Gasteiger charge is 2.17. The van der Waals surface area contributed by atoms with E-state index in [0.717, 1.165) is 11.3 Å². The number of aromatic nitrogens is 2. The first-order chi connectivity index (χ1) is 10.8. The molecule has 0 unspecified atom stereocenters. The van der Waals surface area contributed by atoms with Crippen LogP contribution < -0.4 is 10.1 Å². The Morgan fingerprint density at radius 1 is 1.22 bits per heavy atom. The number of aryl methyl sites for hydroxylation is 1. The number of nitrogens with zero attached hydrogens (tertiary/aromatic N) is 2. The van der Waals surface area contributed by atoms with Crippen molar-refractivity contribution in [2.24, 2.45) is 0 Å². The van der Waals surface area contributed by atoms with Gasteiger partial charge in [0.05, 0.1) is 30.4 Å². The highest BCUT2D eigenvalue weighted by molar-refractivity contribution is 5.85. The van der Waals surface area contributed by atoms with Crippen LogP contribution in [0.15, 0.2) is 30.6 Å². The van der Waals surface area contributed by atoms with Crippen molar-refractivity contribution in [1.29, 1.82) is 0 Å². The van der Waals surface area contributed by atoms with E-state index in [1.54, 1.807) is 25.6 Å². The molecular formula is C17H21N3O3. The average molecular weight is 315 g/mol. The Morgan fingerprint density at radius 2 is 1.96 bits per heavy atom. The number of methoxy groups -OCH3 is 1. The maximum absolute atomic E-state index is 11.8. The molecule has 2 aromatic heterocycles. The van der Waals surface area contributed by atoms with E-state index in [0.29, 0.717) is 17.1 Å². The second-order valence-corrected chi connectivity index (χ2v) is 6.07. The molecule has 0 aliphatic heterocycles. The fourth-order valence-electron chi connectivity index (χ4n) is 1.94. The fourth-order valence-corrected chi connectivity index (χ4v) is 1.94. The highest BCUT2D eigenvalue weighted by Crippen LogP contribution is 2.24. The normalized spacial score (nSPS) is 11.0. The van der Waals surface area contributed by atoms with E-state index in [1.165, 1.54) is 0 Å². The molecule has 6 nitrogen and oxygen atoms in total. The van der Waals surface area contributed by atoms with Gasteiger partial charge < -0.3 is 9.47 Å². The average Bonchev–Trinajstić information content (AvgIpc) is 2.47. The summed E-state index contributed by atoms with van der Waals surface area (Å²) in [6.07, 6.45) is 2.85. The van der Waals surface area contributed by atoms with Crippen LogP contribution in [0.5, 0.6) is 5.75 Å². The van der Waals surface area contributed by atoms with Gasteiger partial charge in [0.15, 0.2) is 0 Å². The molecule has 23 heavy (non-hydrogen) atoms. The first-order valence-corrected chi connectivity index (χ1v) is 7.25. The van der Waals surface area contributed by atoms with Crippen LogP contribution in [0.1, 0.15) is 26.5 Å². The van der Waals surface area contributed by atoms with Crippen LogP contribution in [0.4, 0.5) is 10.5 Å². The molecule has 0 atom stereocenters. The zero-order chi connectivity index (χ0) is 17.0. The van der Waals surface area contributed by atoms with Crippen LogP contribution in [-0.4, -0.2) is 28.8 Å². The molecule has 122 valence electrons. The molecule has 2 rings (SSSR count). The predicted octanol–water partition coefficient (Wildman–Crippen LogP) is 3.81. The van der Waals surface area contributed by atoms with E-state index < -0.39 is 11.7 Å². The minimum atomic E-state index is -0.544. The number of pyridine rings is 2. The Kier molecular flexibility index (Phi) is 4.83. The standard InChI is InChI=1S/C17H21N3O3/c1-11-14(20-16(21)23-17(2,3)4)6-7-15(19-11)12-8-13(22-5)10-18-9-12/h6-10H,1-5H3,(H,20,21). The van der Waals surface area contributed by atoms with Crippen molar-refractivity contribution < 1.29 is 14.3 Å². The first kappa shape index (κ1) is 16.7. The Balaban J connectivity index is 2.19. The number of hydrogen-bond acceptors (Lipinski definition) is 5. The van der Waals surface area contributed by atoms with Crippen molar-refractivity contribution in [1.82, 2.24) is 9.97 Å². The SMILES string of the molecule is COc1cncc(-c2ccc(NC(=O)OC(C)(C)C)c(C)n2)c1. The summed E-state index contributed by atoms with van der Waals surface area (Å²) in [5.74, 6) is 0.665. The highest BCUT2D eigenvalue weighted by atomic mass is 16.6. The van der Waals surface area contributed by atoms with Gasteiger partial charge in [-0.1, -0.05) is 0 Å². The molecule has 0 radical (unpaired) electrons. The van der Waals surface area contributed by atoms with Crippen molar-refractivity contribution in [3.05, 3.63) is 36.3 Å². The van der Waals surface area contributed by atoms with Crippen molar-refractivity contribution >= 4 is 11.8 Å². The van der Waals surface area contributed by atoms with E-state index in [-0.39, 0.29) is 0 Å². The lowest BCUT2D eigenvalue weighted by molar-refractivity contribution is 0.0635. The fraction of sp³-hybridized carbons (Fsp3) is 0.353. The molecule has 2 heterocycles. The molecule has 1 amide bonds. The smallest absolute Gasteiger partial charge is 0.412 e. The summed E-state index contributed by atoms with van der Waals surface area (Å²) in [4.78, 5) is 20.5. The molecule has 1 N–H and O–H groups in total. The zero-order valence-electron chi connectivity index (χ0n) is 14.0. The molecule has 0 saturated heterocycles. The molecule has 0 spiro atoms. The molecule has 0 bridgehead atoms. The van der Waals surface area contributed by atoms with E-state index in [1.807, 2.05) is 39.8 Å². The van der Waals surface area contributed by atoms with Gasteiger partial charge >= 0.3 is 6.09 Å². The third-order valence-electron chi connectivity index (χ3n) is 2.97. The third-order valence-corrected chi connectivity index (χ3v) is 2.97. The van der Waals surface area contributed by atoms with Crippen molar-refractivity contribution in [3.8, 4) is 17.0 Å². The topological polar surface area (TPSA) is 73.3 Å². The summed E-state index contributed by atoms with van der Waals surface area (Å²) < 4.78 is 10.4. The number of carbonyl (C=O) groups is 1. The maximum atomic E-state index is 11.8. The Morgan fingerprint density at radius 3 is 2.57 bits per heavy atom. The van der Waals surface area contributed by atoms with Gasteiger partial charge in [-0.15, -0.1) is 0 Å². The molecule has 2 aromatic rings. The second kappa shape index (κ2) is 6.64. The molecular weight excluding hydrogens is 294 g/mol. The molecule has 0 aliphatic carbocycles. The van der Waals surface area contributed by atoms with Crippen LogP contribution >= 0.6 is 0 Å². The lowest BCUT2D eigenvalue weighted by Gasteiger charge is -2.20. The van der Waals surface area contributed by atoms with Gasteiger partial charge in [0.2, 0.25) is 0 Å². The van der Waals surface area contributed by atoms with Crippen molar-refractivity contribution in [2.45, 2.75) is 33.3 Å². The van der Waals surface area contributed by atoms with Crippen LogP contribution in [0.2, 0.25) is 0 Å². The molecule has 0 aromatic carbocycles. The quantitative estimate of drug-likeness (QED) is 0.932. The summed E-state index contributed by atoms with van der Waals surface area (Å²) in [5.41, 5.74) is 2.35. The zero-order valence-corrected chi connectivity index (χ0v) is 14.0. The minimum Gasteiger partial charge on any atom is -0.495 e. The molecule has 0 fully saturated rings. The van der Waals surface area contributed by atoms with Gasteiger partial charge in [-0.2, -0.15) is 0 Å². The predicted molar refractivity (Wildman–Crippen MR) is 88.6 cm³/mol. The van der Waals surface area contributed by atoms with Crippen LogP contribution in [0.25, 0.3) is 11.3 Å². The maximum Gasteiger partial charge on any atom is 0.412 e. The second-order valence-electron chi connectivity index (χ2n) is 6.07. The molecule has 0 aliphatic rings. The lowest BCUT2D eigenvalue weighted by atomic mass is 10.1. The number of ether oxygens (including phenoxy) is 2. The van der Waals surface area contributed by atoms with Crippen molar-refractivity contribution in [2.75, 3.05) is 12.4 Å². The van der Waals surface area contributed by atoms with Gasteiger partial charge in [-0.3, -0.25) is 15.3 Å². The third kappa shape index (κ3) is 4.67. The van der Waals surface area contributed by atoms with Gasteiger partial charge in [0, 0.05) is 11.8 Å². The Bertz CT molecular complexity index is 708. The van der Waals surface area contributed by atoms with Gasteiger partial charge in [-0.25, -0.2) is 4.79 Å². The monoisotopic (exact) mass is 315 g/mol. The van der Waals surface area contributed by atoms with Gasteiger partial charge in [-0.05, 0) is 45.9 Å². The number of nitrogens with one attached hydrogen (secondary N) is 1. The minimum absolute atomic E-state index is 0.502. The number of anilines is 1. The van der Waals surface area contributed by atoms with E-state index in [2.05, 4.69) is 15.3 Å². The summed E-state index contributed by atoms with van der Waals surface area (Å²) in [6, 6.07) is 5.47. The van der Waals surface area contributed by atoms with E-state index in [4.69, 9.17) is 9.47 Å². The summed E-state index contributed by atoms with van der Waals surface area (Å²) >= 11 is 0. The van der Waals surface area contributed by atoms with Gasteiger partial charge in [0.25, 0.3) is 0 Å². The van der Waals surface area contributed by atoms with Gasteiger partial charge in [0.1, 0.15) is 11.4 Å². The molecule has 6 heteroatoms. The summed E-state index contributed by atoms with van der Waals surface area (Å²) in [5, 5.41) is 2.70. The van der Waals surface area contributed by atoms with Crippen molar-refractivity contribution in [3.63, 3.8) is 0 Å². The number of rotatable bonds is 3. The Labute approximate surface area is 135 Å². The van der Waals surface area contributed by atoms with E-state index in [9.17, 15) is 4.79 Å². The lowest BCUT2D eigenvalue weighted by Crippen LogP contribution is -2.27. The molecule has 0 saturated carbocycles. The van der Waals surface area contributed by atoms with Crippen LogP contribution in [0.3, 0.4) is 0 Å². The number of amides is 1. The summed E-state index contributed by atoms with van der Waals surface area (Å²) in [6.45, 7) is 7.27. The largest absolute Gasteiger partial charge is 0.495 e.